The molecule has 1 fully saturated rings. The summed E-state index contributed by atoms with van der Waals surface area (Å²) >= 11 is 7.66. The summed E-state index contributed by atoms with van der Waals surface area (Å²) in [5.74, 6) is -3.59. The zero-order valence-electron chi connectivity index (χ0n) is 22.6. The van der Waals surface area contributed by atoms with Gasteiger partial charge in [-0.15, -0.1) is 0 Å². The Labute approximate surface area is 261 Å². The summed E-state index contributed by atoms with van der Waals surface area (Å²) in [7, 11) is 1.48. The minimum Gasteiger partial charge on any atom is -0.497 e. The number of anilines is 2. The second kappa shape index (κ2) is 11.5. The molecule has 2 aliphatic rings. The van der Waals surface area contributed by atoms with Crippen molar-refractivity contribution < 1.29 is 32.3 Å². The number of aromatic nitrogens is 1. The maximum Gasteiger partial charge on any atom is 0.418 e. The molecular weight excluding hydrogens is 639 g/mol. The lowest BCUT2D eigenvalue weighted by molar-refractivity contribution is -0.137. The molecular formula is C30H21ClF3N3O5S2. The largest absolute Gasteiger partial charge is 0.497 e. The Bertz CT molecular complexity index is 1840. The van der Waals surface area contributed by atoms with Crippen molar-refractivity contribution in [3.05, 3.63) is 103 Å². The SMILES string of the molecule is COc1ccc([C@H]2c3sc(=O)n(CC(=O)Nc4ccc(Cl)cc4)c3SC3C(=O)N(c4ccccc4C(F)(F)F)C(=O)C32)cc1. The number of thiazole rings is 1. The van der Waals surface area contributed by atoms with Gasteiger partial charge < -0.3 is 10.1 Å². The van der Waals surface area contributed by atoms with Crippen molar-refractivity contribution in [1.29, 1.82) is 0 Å². The monoisotopic (exact) mass is 659 g/mol. The summed E-state index contributed by atoms with van der Waals surface area (Å²) in [5.41, 5.74) is -0.650. The average molecular weight is 660 g/mol. The Balaban J connectivity index is 1.43. The van der Waals surface area contributed by atoms with E-state index in [0.717, 1.165) is 35.2 Å². The van der Waals surface area contributed by atoms with Crippen molar-refractivity contribution in [2.24, 2.45) is 5.92 Å². The number of hydrogen-bond acceptors (Lipinski definition) is 7. The number of para-hydroxylation sites is 1. The molecule has 3 aromatic carbocycles. The first-order valence-electron chi connectivity index (χ1n) is 13.1. The molecule has 6 rings (SSSR count). The van der Waals surface area contributed by atoms with E-state index in [9.17, 15) is 32.3 Å². The maximum absolute atomic E-state index is 14.0. The molecule has 0 bridgehead atoms. The smallest absolute Gasteiger partial charge is 0.418 e. The fourth-order valence-corrected chi connectivity index (χ4v) is 8.35. The van der Waals surface area contributed by atoms with Gasteiger partial charge in [0.2, 0.25) is 17.7 Å². The lowest BCUT2D eigenvalue weighted by Crippen LogP contribution is -2.33. The van der Waals surface area contributed by atoms with Crippen LogP contribution in [0.5, 0.6) is 5.75 Å². The highest BCUT2D eigenvalue weighted by atomic mass is 35.5. The van der Waals surface area contributed by atoms with Gasteiger partial charge in [-0.1, -0.05) is 59.0 Å². The number of amides is 3. The zero-order chi connectivity index (χ0) is 31.3. The topological polar surface area (TPSA) is 97.7 Å². The van der Waals surface area contributed by atoms with Gasteiger partial charge in [-0.05, 0) is 54.1 Å². The fraction of sp³-hybridized carbons (Fsp3) is 0.200. The third-order valence-corrected chi connectivity index (χ3v) is 10.3. The number of thioether (sulfide) groups is 1. The van der Waals surface area contributed by atoms with Crippen molar-refractivity contribution in [2.45, 2.75) is 28.9 Å². The van der Waals surface area contributed by atoms with Crippen LogP contribution in [-0.4, -0.2) is 34.6 Å². The molecule has 0 saturated carbocycles. The predicted molar refractivity (Wildman–Crippen MR) is 161 cm³/mol. The molecule has 226 valence electrons. The van der Waals surface area contributed by atoms with Crippen molar-refractivity contribution >= 4 is 63.8 Å². The van der Waals surface area contributed by atoms with E-state index >= 15 is 0 Å². The van der Waals surface area contributed by atoms with Crippen LogP contribution in [0.4, 0.5) is 24.5 Å². The van der Waals surface area contributed by atoms with Crippen LogP contribution < -0.4 is 19.8 Å². The van der Waals surface area contributed by atoms with Gasteiger partial charge >= 0.3 is 11.0 Å². The molecule has 14 heteroatoms. The molecule has 0 aliphatic carbocycles. The van der Waals surface area contributed by atoms with Crippen molar-refractivity contribution in [1.82, 2.24) is 4.57 Å². The number of nitrogens with zero attached hydrogens (tertiary/aromatic N) is 2. The van der Waals surface area contributed by atoms with E-state index in [-0.39, 0.29) is 0 Å². The standard InChI is InChI=1S/C30H21ClF3N3O5S2/c1-42-18-12-6-15(7-13-18)22-23-24(27(40)37(26(23)39)20-5-3-2-4-19(20)30(32,33)34)43-28-25(22)44-29(41)36(28)14-21(38)35-17-10-8-16(31)9-11-17/h2-13,22-24H,14H2,1H3,(H,35,38)/t22-,23?,24?/m1/s1. The number of rotatable bonds is 6. The number of alkyl halides is 3. The van der Waals surface area contributed by atoms with Crippen LogP contribution in [0.2, 0.25) is 5.02 Å². The molecule has 44 heavy (non-hydrogen) atoms. The molecule has 2 unspecified atom stereocenters. The second-order valence-corrected chi connectivity index (χ2v) is 12.6. The lowest BCUT2D eigenvalue weighted by atomic mass is 9.83. The maximum atomic E-state index is 14.0. The first-order valence-corrected chi connectivity index (χ1v) is 15.2. The summed E-state index contributed by atoms with van der Waals surface area (Å²) in [6, 6.07) is 17.5. The molecule has 4 aromatic rings. The number of fused-ring (bicyclic) bond motifs is 2. The Morgan fingerprint density at radius 1 is 0.977 bits per heavy atom. The third kappa shape index (κ3) is 5.29. The number of hydrogen-bond donors (Lipinski definition) is 1. The van der Waals surface area contributed by atoms with Gasteiger partial charge in [0.25, 0.3) is 0 Å². The van der Waals surface area contributed by atoms with E-state index in [2.05, 4.69) is 5.32 Å². The minimum atomic E-state index is -4.82. The number of ether oxygens (including phenoxy) is 1. The van der Waals surface area contributed by atoms with Crippen LogP contribution in [0.1, 0.15) is 21.9 Å². The van der Waals surface area contributed by atoms with E-state index in [1.165, 1.54) is 23.8 Å². The summed E-state index contributed by atoms with van der Waals surface area (Å²) in [5, 5.41) is 2.33. The molecule has 1 N–H and O–H groups in total. The molecule has 3 heterocycles. The van der Waals surface area contributed by atoms with E-state index < -0.39 is 63.7 Å². The number of nitrogens with one attached hydrogen (secondary N) is 1. The Kier molecular flexibility index (Phi) is 7.80. The first-order chi connectivity index (χ1) is 21.0. The molecule has 8 nitrogen and oxygen atoms in total. The number of halogens is 4. The average Bonchev–Trinajstić information content (AvgIpc) is 3.44. The summed E-state index contributed by atoms with van der Waals surface area (Å²) in [6.07, 6.45) is -4.82. The van der Waals surface area contributed by atoms with Gasteiger partial charge in [0.1, 0.15) is 17.5 Å². The molecule has 3 atom stereocenters. The Morgan fingerprint density at radius 3 is 2.32 bits per heavy atom. The normalized spacial score (nSPS) is 19.5. The van der Waals surface area contributed by atoms with E-state index in [1.54, 1.807) is 48.5 Å². The predicted octanol–water partition coefficient (Wildman–Crippen LogP) is 6.03. The summed E-state index contributed by atoms with van der Waals surface area (Å²) in [4.78, 5) is 54.7. The lowest BCUT2D eigenvalue weighted by Gasteiger charge is -2.30. The van der Waals surface area contributed by atoms with Crippen LogP contribution in [0, 0.1) is 5.92 Å². The Morgan fingerprint density at radius 2 is 1.66 bits per heavy atom. The number of methoxy groups -OCH3 is 1. The zero-order valence-corrected chi connectivity index (χ0v) is 25.0. The van der Waals surface area contributed by atoms with Crippen LogP contribution in [0.15, 0.2) is 82.6 Å². The number of benzene rings is 3. The van der Waals surface area contributed by atoms with Gasteiger partial charge in [0, 0.05) is 21.5 Å². The molecule has 3 amide bonds. The molecule has 1 saturated heterocycles. The van der Waals surface area contributed by atoms with Crippen molar-refractivity contribution in [2.75, 3.05) is 17.3 Å². The van der Waals surface area contributed by atoms with Gasteiger partial charge in [-0.2, -0.15) is 13.2 Å². The summed E-state index contributed by atoms with van der Waals surface area (Å²) < 4.78 is 48.3. The molecule has 2 aliphatic heterocycles. The third-order valence-electron chi connectivity index (χ3n) is 7.40. The first kappa shape index (κ1) is 30.0. The van der Waals surface area contributed by atoms with Crippen LogP contribution in [-0.2, 0) is 27.1 Å². The van der Waals surface area contributed by atoms with Gasteiger partial charge in [-0.25, -0.2) is 4.90 Å². The highest BCUT2D eigenvalue weighted by Crippen LogP contribution is 2.54. The fourth-order valence-electron chi connectivity index (χ4n) is 5.45. The summed E-state index contributed by atoms with van der Waals surface area (Å²) in [6.45, 7) is -0.393. The van der Waals surface area contributed by atoms with Gasteiger partial charge in [0.05, 0.1) is 29.3 Å². The van der Waals surface area contributed by atoms with Crippen LogP contribution >= 0.6 is 34.7 Å². The minimum absolute atomic E-state index is 0.306. The molecule has 0 spiro atoms. The van der Waals surface area contributed by atoms with Crippen LogP contribution in [0.25, 0.3) is 0 Å². The van der Waals surface area contributed by atoms with Crippen molar-refractivity contribution in [3.63, 3.8) is 0 Å². The van der Waals surface area contributed by atoms with E-state index in [0.29, 0.717) is 36.8 Å². The van der Waals surface area contributed by atoms with Crippen LogP contribution in [0.3, 0.4) is 0 Å². The van der Waals surface area contributed by atoms with E-state index in [4.69, 9.17) is 16.3 Å². The second-order valence-electron chi connectivity index (χ2n) is 10.0. The van der Waals surface area contributed by atoms with Gasteiger partial charge in [-0.3, -0.25) is 23.7 Å². The highest BCUT2D eigenvalue weighted by Gasteiger charge is 2.57. The number of imide groups is 1. The molecule has 1 aromatic heterocycles. The van der Waals surface area contributed by atoms with Gasteiger partial charge in [0.15, 0.2) is 0 Å². The Hall–Kier alpha value is -4.07. The van der Waals surface area contributed by atoms with Crippen molar-refractivity contribution in [3.8, 4) is 5.75 Å². The molecule has 0 radical (unpaired) electrons. The number of carbonyl (C=O) groups excluding carboxylic acids is 3. The van der Waals surface area contributed by atoms with E-state index in [1.807, 2.05) is 0 Å². The quantitative estimate of drug-likeness (QED) is 0.254. The number of carbonyl (C=O) groups is 3. The highest BCUT2D eigenvalue weighted by molar-refractivity contribution is 8.00.